The number of carbonyl (C=O) groups is 2. The van der Waals surface area contributed by atoms with Crippen LogP contribution >= 0.6 is 0 Å². The number of likely N-dealkylation sites (tertiary alicyclic amines) is 1. The van der Waals surface area contributed by atoms with Crippen LogP contribution in [0, 0.1) is 5.92 Å². The Morgan fingerprint density at radius 1 is 1.41 bits per heavy atom. The second-order valence-electron chi connectivity index (χ2n) is 5.15. The molecule has 2 rings (SSSR count). The first-order valence-corrected chi connectivity index (χ1v) is 6.41. The third kappa shape index (κ3) is 3.43. The molecule has 2 fully saturated rings. The molecule has 0 aromatic carbocycles. The molecule has 0 aliphatic carbocycles. The minimum Gasteiger partial charge on any atom is -0.354 e. The molecule has 1 atom stereocenters. The van der Waals surface area contributed by atoms with Gasteiger partial charge in [0.1, 0.15) is 6.04 Å². The second-order valence-corrected chi connectivity index (χ2v) is 5.15. The zero-order chi connectivity index (χ0) is 12.3. The van der Waals surface area contributed by atoms with E-state index in [2.05, 4.69) is 22.6 Å². The monoisotopic (exact) mass is 239 g/mol. The standard InChI is InChI=1S/C12H21N3O2/c1-15-6-4-9(5-7-15)8-13-12(17)10-2-3-11(16)14-10/h9-10H,2-8H2,1H3,(H,13,17)(H,14,16). The fourth-order valence-electron chi connectivity index (χ4n) is 2.45. The Labute approximate surface area is 102 Å². The molecular weight excluding hydrogens is 218 g/mol. The van der Waals surface area contributed by atoms with E-state index in [0.717, 1.165) is 32.5 Å². The summed E-state index contributed by atoms with van der Waals surface area (Å²) in [5.74, 6) is 0.562. The van der Waals surface area contributed by atoms with Crippen molar-refractivity contribution in [3.8, 4) is 0 Å². The van der Waals surface area contributed by atoms with Crippen molar-refractivity contribution in [3.63, 3.8) is 0 Å². The number of nitrogens with zero attached hydrogens (tertiary/aromatic N) is 1. The van der Waals surface area contributed by atoms with Crippen LogP contribution in [0.5, 0.6) is 0 Å². The summed E-state index contributed by atoms with van der Waals surface area (Å²) < 4.78 is 0. The summed E-state index contributed by atoms with van der Waals surface area (Å²) in [6.07, 6.45) is 3.41. The Morgan fingerprint density at radius 2 is 2.12 bits per heavy atom. The maximum Gasteiger partial charge on any atom is 0.242 e. The van der Waals surface area contributed by atoms with Gasteiger partial charge in [0.15, 0.2) is 0 Å². The van der Waals surface area contributed by atoms with E-state index in [9.17, 15) is 9.59 Å². The molecule has 2 heterocycles. The van der Waals surface area contributed by atoms with Crippen LogP contribution in [0.1, 0.15) is 25.7 Å². The number of hydrogen-bond donors (Lipinski definition) is 2. The van der Waals surface area contributed by atoms with Crippen molar-refractivity contribution >= 4 is 11.8 Å². The van der Waals surface area contributed by atoms with Crippen LogP contribution < -0.4 is 10.6 Å². The molecule has 0 spiro atoms. The van der Waals surface area contributed by atoms with Crippen LogP contribution in [0.3, 0.4) is 0 Å². The molecule has 2 saturated heterocycles. The Hall–Kier alpha value is -1.10. The highest BCUT2D eigenvalue weighted by molar-refractivity contribution is 5.90. The van der Waals surface area contributed by atoms with Gasteiger partial charge in [0, 0.05) is 13.0 Å². The maximum atomic E-state index is 11.8. The third-order valence-corrected chi connectivity index (χ3v) is 3.71. The third-order valence-electron chi connectivity index (χ3n) is 3.71. The number of nitrogens with one attached hydrogen (secondary N) is 2. The summed E-state index contributed by atoms with van der Waals surface area (Å²) in [4.78, 5) is 25.1. The van der Waals surface area contributed by atoms with E-state index in [1.54, 1.807) is 0 Å². The van der Waals surface area contributed by atoms with Gasteiger partial charge in [-0.25, -0.2) is 0 Å². The van der Waals surface area contributed by atoms with Crippen LogP contribution in [-0.2, 0) is 9.59 Å². The van der Waals surface area contributed by atoms with E-state index < -0.39 is 0 Å². The lowest BCUT2D eigenvalue weighted by Gasteiger charge is -2.29. The van der Waals surface area contributed by atoms with Gasteiger partial charge >= 0.3 is 0 Å². The van der Waals surface area contributed by atoms with Gasteiger partial charge in [0.25, 0.3) is 0 Å². The summed E-state index contributed by atoms with van der Waals surface area (Å²) in [6.45, 7) is 2.97. The highest BCUT2D eigenvalue weighted by Crippen LogP contribution is 2.15. The van der Waals surface area contributed by atoms with Crippen LogP contribution in [0.25, 0.3) is 0 Å². The van der Waals surface area contributed by atoms with Gasteiger partial charge in [-0.3, -0.25) is 9.59 Å². The molecule has 2 aliphatic heterocycles. The average molecular weight is 239 g/mol. The molecule has 0 saturated carbocycles. The highest BCUT2D eigenvalue weighted by atomic mass is 16.2. The lowest BCUT2D eigenvalue weighted by Crippen LogP contribution is -2.44. The summed E-state index contributed by atoms with van der Waals surface area (Å²) in [5.41, 5.74) is 0. The number of amides is 2. The van der Waals surface area contributed by atoms with Crippen molar-refractivity contribution < 1.29 is 9.59 Å². The van der Waals surface area contributed by atoms with Crippen LogP contribution in [0.2, 0.25) is 0 Å². The fourth-order valence-corrected chi connectivity index (χ4v) is 2.45. The molecule has 0 aromatic rings. The smallest absolute Gasteiger partial charge is 0.242 e. The second kappa shape index (κ2) is 5.49. The van der Waals surface area contributed by atoms with Crippen molar-refractivity contribution in [2.75, 3.05) is 26.7 Å². The first-order valence-electron chi connectivity index (χ1n) is 6.41. The summed E-state index contributed by atoms with van der Waals surface area (Å²) in [7, 11) is 2.13. The molecule has 1 unspecified atom stereocenters. The lowest BCUT2D eigenvalue weighted by atomic mass is 9.97. The van der Waals surface area contributed by atoms with E-state index in [-0.39, 0.29) is 17.9 Å². The molecular formula is C12H21N3O2. The highest BCUT2D eigenvalue weighted by Gasteiger charge is 2.27. The topological polar surface area (TPSA) is 61.4 Å². The van der Waals surface area contributed by atoms with Gasteiger partial charge in [-0.1, -0.05) is 0 Å². The van der Waals surface area contributed by atoms with Gasteiger partial charge in [-0.15, -0.1) is 0 Å². The van der Waals surface area contributed by atoms with Crippen molar-refractivity contribution in [3.05, 3.63) is 0 Å². The number of rotatable bonds is 3. The Kier molecular flexibility index (Phi) is 3.99. The van der Waals surface area contributed by atoms with Gasteiger partial charge in [-0.05, 0) is 45.3 Å². The number of hydrogen-bond acceptors (Lipinski definition) is 3. The van der Waals surface area contributed by atoms with E-state index in [0.29, 0.717) is 18.8 Å². The van der Waals surface area contributed by atoms with Crippen molar-refractivity contribution in [2.24, 2.45) is 5.92 Å². The van der Waals surface area contributed by atoms with E-state index in [1.807, 2.05) is 0 Å². The van der Waals surface area contributed by atoms with E-state index in [4.69, 9.17) is 0 Å². The predicted molar refractivity (Wildman–Crippen MR) is 64.4 cm³/mol. The lowest BCUT2D eigenvalue weighted by molar-refractivity contribution is -0.125. The largest absolute Gasteiger partial charge is 0.354 e. The zero-order valence-electron chi connectivity index (χ0n) is 10.4. The SMILES string of the molecule is CN1CCC(CNC(=O)C2CCC(=O)N2)CC1. The Morgan fingerprint density at radius 3 is 2.71 bits per heavy atom. The van der Waals surface area contributed by atoms with Crippen LogP contribution in [-0.4, -0.2) is 49.4 Å². The average Bonchev–Trinajstić information content (AvgIpc) is 2.75. The quantitative estimate of drug-likeness (QED) is 0.712. The molecule has 0 radical (unpaired) electrons. The summed E-state index contributed by atoms with van der Waals surface area (Å²) in [6, 6.07) is -0.297. The van der Waals surface area contributed by atoms with Crippen molar-refractivity contribution in [1.29, 1.82) is 0 Å². The molecule has 2 aliphatic rings. The number of carbonyl (C=O) groups excluding carboxylic acids is 2. The Balaban J connectivity index is 1.67. The molecule has 96 valence electrons. The van der Waals surface area contributed by atoms with Gasteiger partial charge in [0.05, 0.1) is 0 Å². The van der Waals surface area contributed by atoms with Gasteiger partial charge in [-0.2, -0.15) is 0 Å². The molecule has 17 heavy (non-hydrogen) atoms. The molecule has 5 nitrogen and oxygen atoms in total. The first kappa shape index (κ1) is 12.4. The van der Waals surface area contributed by atoms with E-state index in [1.165, 1.54) is 0 Å². The van der Waals surface area contributed by atoms with Gasteiger partial charge in [0.2, 0.25) is 11.8 Å². The normalized spacial score (nSPS) is 26.9. The van der Waals surface area contributed by atoms with Crippen molar-refractivity contribution in [1.82, 2.24) is 15.5 Å². The minimum atomic E-state index is -0.297. The summed E-state index contributed by atoms with van der Waals surface area (Å²) >= 11 is 0. The maximum absolute atomic E-state index is 11.8. The molecule has 2 N–H and O–H groups in total. The molecule has 2 amide bonds. The zero-order valence-corrected chi connectivity index (χ0v) is 10.4. The van der Waals surface area contributed by atoms with Crippen LogP contribution in [0.4, 0.5) is 0 Å². The first-order chi connectivity index (χ1) is 8.15. The molecule has 0 aromatic heterocycles. The fraction of sp³-hybridized carbons (Fsp3) is 0.833. The Bertz CT molecular complexity index is 298. The number of piperidine rings is 1. The van der Waals surface area contributed by atoms with Crippen LogP contribution in [0.15, 0.2) is 0 Å². The molecule has 0 bridgehead atoms. The summed E-state index contributed by atoms with van der Waals surface area (Å²) in [5, 5.41) is 5.65. The van der Waals surface area contributed by atoms with Gasteiger partial charge < -0.3 is 15.5 Å². The molecule has 5 heteroatoms. The van der Waals surface area contributed by atoms with Crippen molar-refractivity contribution in [2.45, 2.75) is 31.7 Å². The minimum absolute atomic E-state index is 0.00978. The predicted octanol–water partition coefficient (Wildman–Crippen LogP) is -0.277. The van der Waals surface area contributed by atoms with E-state index >= 15 is 0 Å².